The van der Waals surface area contributed by atoms with Gasteiger partial charge in [0.1, 0.15) is 0 Å². The van der Waals surface area contributed by atoms with Crippen LogP contribution < -0.4 is 10.4 Å². The van der Waals surface area contributed by atoms with Gasteiger partial charge in [-0.3, -0.25) is 0 Å². The van der Waals surface area contributed by atoms with Crippen molar-refractivity contribution in [2.45, 2.75) is 26.2 Å². The molecule has 0 amide bonds. The predicted octanol–water partition coefficient (Wildman–Crippen LogP) is 1.39. The van der Waals surface area contributed by atoms with Crippen LogP contribution in [0.3, 0.4) is 0 Å². The Balaban J connectivity index is 1.81. The fourth-order valence-corrected chi connectivity index (χ4v) is 468. The zero-order valence-electron chi connectivity index (χ0n) is 14.0. The molecule has 120 valence electrons. The molecular formula is C16H22Se3Si4. The first-order valence-corrected chi connectivity index (χ1v) is 34.9. The van der Waals surface area contributed by atoms with Gasteiger partial charge in [-0.05, 0) is 0 Å². The second kappa shape index (κ2) is 5.68. The van der Waals surface area contributed by atoms with E-state index in [9.17, 15) is 0 Å². The number of benzene rings is 2. The zero-order chi connectivity index (χ0) is 16.3. The van der Waals surface area contributed by atoms with Gasteiger partial charge in [-0.1, -0.05) is 0 Å². The van der Waals surface area contributed by atoms with E-state index < -0.39 is 22.0 Å². The molecule has 1 unspecified atom stereocenters. The summed E-state index contributed by atoms with van der Waals surface area (Å²) in [7, 11) is 0. The summed E-state index contributed by atoms with van der Waals surface area (Å²) in [6.45, 7) is 11.4. The van der Waals surface area contributed by atoms with Crippen molar-refractivity contribution in [1.29, 1.82) is 0 Å². The molecule has 23 heavy (non-hydrogen) atoms. The molecule has 4 rings (SSSR count). The Morgan fingerprint density at radius 3 is 1.17 bits per heavy atom. The van der Waals surface area contributed by atoms with Gasteiger partial charge >= 0.3 is 160 Å². The second-order valence-corrected chi connectivity index (χ2v) is 95.4. The third-order valence-electron chi connectivity index (χ3n) is 5.57. The molecular weight excluding hydrogens is 541 g/mol. The van der Waals surface area contributed by atoms with Crippen molar-refractivity contribution in [1.82, 2.24) is 0 Å². The molecule has 2 fully saturated rings. The Morgan fingerprint density at radius 1 is 0.522 bits per heavy atom. The van der Waals surface area contributed by atoms with Crippen molar-refractivity contribution >= 4 is 73.4 Å². The molecule has 2 aromatic rings. The third-order valence-corrected chi connectivity index (χ3v) is 213. The standard InChI is InChI=1S/C16H22Se3Si4/c1-20(15-11-7-5-8-12-15)17-23(4)19-22(20,3)18-21(23,2)16-13-9-6-10-14-16/h5-14H,1-4H3/t20-,21?,22-,23+/m1/s1. The molecule has 2 bridgehead atoms. The molecule has 0 spiro atoms. The number of rotatable bonds is 2. The van der Waals surface area contributed by atoms with Crippen LogP contribution >= 0.6 is 0 Å². The minimum atomic E-state index is -1.11. The molecule has 2 aliphatic heterocycles. The molecule has 0 N–H and O–H groups in total. The Hall–Kier alpha value is 0.866. The van der Waals surface area contributed by atoms with E-state index in [0.29, 0.717) is 0 Å². The first kappa shape index (κ1) is 17.3. The molecule has 7 heteroatoms. The van der Waals surface area contributed by atoms with Crippen LogP contribution in [-0.2, 0) is 0 Å². The monoisotopic (exact) mass is 566 g/mol. The van der Waals surface area contributed by atoms with Gasteiger partial charge in [0.05, 0.1) is 0 Å². The number of fused-ring (bicyclic) bond motifs is 2. The number of hydrogen-bond acceptors (Lipinski definition) is 0. The van der Waals surface area contributed by atoms with Crippen LogP contribution in [0.2, 0.25) is 26.2 Å². The predicted molar refractivity (Wildman–Crippen MR) is 116 cm³/mol. The second-order valence-electron chi connectivity index (χ2n) is 7.00. The van der Waals surface area contributed by atoms with E-state index in [1.165, 1.54) is 0 Å². The molecule has 0 saturated carbocycles. The van der Waals surface area contributed by atoms with Crippen molar-refractivity contribution in [3.8, 4) is 0 Å². The Kier molecular flexibility index (Phi) is 4.27. The van der Waals surface area contributed by atoms with Gasteiger partial charge in [0, 0.05) is 0 Å². The van der Waals surface area contributed by atoms with E-state index in [2.05, 4.69) is 86.9 Å². The maximum absolute atomic E-state index is 2.88. The zero-order valence-corrected chi connectivity index (χ0v) is 23.1. The first-order valence-electron chi connectivity index (χ1n) is 8.05. The van der Waals surface area contributed by atoms with Crippen molar-refractivity contribution in [3.05, 3.63) is 60.7 Å². The summed E-state index contributed by atoms with van der Waals surface area (Å²) in [6, 6.07) is 23.7. The van der Waals surface area contributed by atoms with Crippen LogP contribution in [0.25, 0.3) is 0 Å². The van der Waals surface area contributed by atoms with Crippen molar-refractivity contribution < 1.29 is 0 Å². The maximum atomic E-state index is 2.88. The number of hydrogen-bond donors (Lipinski definition) is 0. The molecule has 2 aliphatic rings. The van der Waals surface area contributed by atoms with Crippen LogP contribution in [-0.4, -0.2) is 63.0 Å². The van der Waals surface area contributed by atoms with E-state index in [1.807, 2.05) is 10.4 Å². The van der Waals surface area contributed by atoms with Crippen LogP contribution in [0.1, 0.15) is 0 Å². The summed E-state index contributed by atoms with van der Waals surface area (Å²) in [5.74, 6) is 0. The molecule has 2 heterocycles. The van der Waals surface area contributed by atoms with Gasteiger partial charge in [-0.2, -0.15) is 0 Å². The molecule has 0 aliphatic carbocycles. The summed E-state index contributed by atoms with van der Waals surface area (Å²) in [5, 5.41) is 3.69. The Bertz CT molecular complexity index is 682. The average molecular weight is 564 g/mol. The van der Waals surface area contributed by atoms with Gasteiger partial charge in [0.15, 0.2) is 0 Å². The topological polar surface area (TPSA) is 0 Å². The summed E-state index contributed by atoms with van der Waals surface area (Å²) < 4.78 is 0. The van der Waals surface area contributed by atoms with Crippen LogP contribution in [0.5, 0.6) is 0 Å². The summed E-state index contributed by atoms with van der Waals surface area (Å²) >= 11 is 3.16. The normalized spacial score (nSPS) is 42.1. The minimum absolute atomic E-state index is 0.956. The summed E-state index contributed by atoms with van der Waals surface area (Å²) in [5.41, 5.74) is 0. The fraction of sp³-hybridized carbons (Fsp3) is 0.250. The van der Waals surface area contributed by atoms with Gasteiger partial charge in [0.25, 0.3) is 0 Å². The van der Waals surface area contributed by atoms with Crippen LogP contribution in [0, 0.1) is 0 Å². The van der Waals surface area contributed by atoms with E-state index >= 15 is 0 Å². The van der Waals surface area contributed by atoms with Crippen LogP contribution in [0.15, 0.2) is 60.7 Å². The molecule has 2 saturated heterocycles. The van der Waals surface area contributed by atoms with Crippen molar-refractivity contribution in [2.75, 3.05) is 0 Å². The van der Waals surface area contributed by atoms with E-state index in [0.717, 1.165) is 41.0 Å². The van der Waals surface area contributed by atoms with Gasteiger partial charge in [-0.15, -0.1) is 0 Å². The molecule has 0 nitrogen and oxygen atoms in total. The molecule has 0 radical (unpaired) electrons. The summed E-state index contributed by atoms with van der Waals surface area (Å²) in [6.07, 6.45) is -2.21. The Morgan fingerprint density at radius 2 is 0.870 bits per heavy atom. The quantitative estimate of drug-likeness (QED) is 0.485. The van der Waals surface area contributed by atoms with Crippen molar-refractivity contribution in [3.63, 3.8) is 0 Å². The molecule has 0 aromatic heterocycles. The molecule has 4 atom stereocenters. The van der Waals surface area contributed by atoms with E-state index in [-0.39, 0.29) is 0 Å². The first-order chi connectivity index (χ1) is 10.8. The fourth-order valence-electron chi connectivity index (χ4n) is 3.92. The average Bonchev–Trinajstić information content (AvgIpc) is 2.89. The van der Waals surface area contributed by atoms with Gasteiger partial charge < -0.3 is 0 Å². The molecule has 2 aromatic carbocycles. The van der Waals surface area contributed by atoms with Gasteiger partial charge in [-0.25, -0.2) is 0 Å². The third kappa shape index (κ3) is 2.37. The van der Waals surface area contributed by atoms with Gasteiger partial charge in [0.2, 0.25) is 0 Å². The van der Waals surface area contributed by atoms with E-state index in [1.54, 1.807) is 0 Å². The van der Waals surface area contributed by atoms with Crippen molar-refractivity contribution in [2.24, 2.45) is 0 Å². The Labute approximate surface area is 159 Å². The van der Waals surface area contributed by atoms with E-state index in [4.69, 9.17) is 0 Å². The summed E-state index contributed by atoms with van der Waals surface area (Å²) in [4.78, 5) is -1.91. The van der Waals surface area contributed by atoms with Crippen LogP contribution in [0.4, 0.5) is 0 Å². The SMILES string of the molecule is C[Si]1(c2ccccc2)[Se][Si@]2(C)[Se][Si@]1(C)[Se][Si@@]2(C)c1ccccc1.